The highest BCUT2D eigenvalue weighted by Crippen LogP contribution is 2.20. The first kappa shape index (κ1) is 26.0. The second-order valence-electron chi connectivity index (χ2n) is 9.20. The van der Waals surface area contributed by atoms with Gasteiger partial charge in [-0.1, -0.05) is 24.3 Å². The van der Waals surface area contributed by atoms with E-state index in [-0.39, 0.29) is 18.2 Å². The smallest absolute Gasteiger partial charge is 0.411 e. The highest BCUT2D eigenvalue weighted by atomic mass is 16.5. The summed E-state index contributed by atoms with van der Waals surface area (Å²) >= 11 is 0. The van der Waals surface area contributed by atoms with Crippen LogP contribution in [0.3, 0.4) is 0 Å². The predicted molar refractivity (Wildman–Crippen MR) is 149 cm³/mol. The summed E-state index contributed by atoms with van der Waals surface area (Å²) in [4.78, 5) is 42.5. The number of aromatic amines is 1. The SMILES string of the molecule is Nc1ccccc1NC(=O)c1ccc(Cn2c(=O)[nH]c3cc(NC(=O)OCCN4CCOCC4)ccc32)cc1. The fourth-order valence-electron chi connectivity index (χ4n) is 4.39. The molecule has 1 aliphatic rings. The van der Waals surface area contributed by atoms with E-state index in [1.165, 1.54) is 0 Å². The van der Waals surface area contributed by atoms with Crippen LogP contribution in [0, 0.1) is 0 Å². The molecule has 4 aromatic rings. The minimum Gasteiger partial charge on any atom is -0.448 e. The number of hydrogen-bond acceptors (Lipinski definition) is 7. The number of aromatic nitrogens is 2. The molecule has 1 saturated heterocycles. The zero-order chi connectivity index (χ0) is 27.2. The van der Waals surface area contributed by atoms with E-state index in [0.717, 1.165) is 18.7 Å². The number of para-hydroxylation sites is 2. The molecule has 0 bridgehead atoms. The Labute approximate surface area is 224 Å². The zero-order valence-corrected chi connectivity index (χ0v) is 21.3. The molecular weight excluding hydrogens is 500 g/mol. The number of carbonyl (C=O) groups excluding carboxylic acids is 2. The number of morpholine rings is 1. The first-order valence-electron chi connectivity index (χ1n) is 12.7. The van der Waals surface area contributed by atoms with Crippen LogP contribution in [-0.4, -0.2) is 65.9 Å². The van der Waals surface area contributed by atoms with E-state index in [2.05, 4.69) is 20.5 Å². The summed E-state index contributed by atoms with van der Waals surface area (Å²) in [5, 5.41) is 5.51. The van der Waals surface area contributed by atoms with E-state index in [0.29, 0.717) is 60.0 Å². The largest absolute Gasteiger partial charge is 0.448 e. The number of benzene rings is 3. The average Bonchev–Trinajstić information content (AvgIpc) is 3.24. The molecule has 0 spiro atoms. The van der Waals surface area contributed by atoms with Gasteiger partial charge < -0.3 is 25.5 Å². The molecule has 0 atom stereocenters. The lowest BCUT2D eigenvalue weighted by molar-refractivity contribution is 0.0290. The van der Waals surface area contributed by atoms with Crippen molar-refractivity contribution < 1.29 is 19.1 Å². The molecule has 0 radical (unpaired) electrons. The monoisotopic (exact) mass is 530 g/mol. The van der Waals surface area contributed by atoms with Crippen molar-refractivity contribution in [2.75, 3.05) is 55.8 Å². The minimum atomic E-state index is -0.552. The Morgan fingerprint density at radius 1 is 1.00 bits per heavy atom. The number of rotatable bonds is 8. The fraction of sp³-hybridized carbons (Fsp3) is 0.250. The number of carbonyl (C=O) groups is 2. The lowest BCUT2D eigenvalue weighted by Crippen LogP contribution is -2.38. The Morgan fingerprint density at radius 3 is 2.54 bits per heavy atom. The Hall–Kier alpha value is -4.61. The second-order valence-corrected chi connectivity index (χ2v) is 9.20. The normalized spacial score (nSPS) is 13.7. The van der Waals surface area contributed by atoms with Gasteiger partial charge in [-0.2, -0.15) is 0 Å². The predicted octanol–water partition coefficient (Wildman–Crippen LogP) is 3.09. The Bertz CT molecular complexity index is 1520. The average molecular weight is 531 g/mol. The van der Waals surface area contributed by atoms with Crippen LogP contribution in [0.1, 0.15) is 15.9 Å². The molecule has 11 heteroatoms. The van der Waals surface area contributed by atoms with Gasteiger partial charge >= 0.3 is 11.8 Å². The van der Waals surface area contributed by atoms with E-state index in [1.54, 1.807) is 71.3 Å². The number of hydrogen-bond donors (Lipinski definition) is 4. The number of nitrogens with two attached hydrogens (primary N) is 1. The quantitative estimate of drug-likeness (QED) is 0.256. The molecule has 0 unspecified atom stereocenters. The standard InChI is InChI=1S/C28H30N6O5/c29-22-3-1-2-4-23(22)31-26(35)20-7-5-19(6-8-20)18-34-25-10-9-21(17-24(25)32-27(34)36)30-28(37)39-16-13-33-11-14-38-15-12-33/h1-10,17H,11-16,18,29H2,(H,30,37)(H,31,35)(H,32,36). The van der Waals surface area contributed by atoms with Crippen LogP contribution in [0.15, 0.2) is 71.5 Å². The summed E-state index contributed by atoms with van der Waals surface area (Å²) in [6.07, 6.45) is -0.552. The third-order valence-corrected chi connectivity index (χ3v) is 6.53. The second kappa shape index (κ2) is 11.8. The van der Waals surface area contributed by atoms with Gasteiger partial charge in [-0.15, -0.1) is 0 Å². The van der Waals surface area contributed by atoms with Crippen molar-refractivity contribution >= 4 is 40.1 Å². The van der Waals surface area contributed by atoms with Crippen LogP contribution in [0.5, 0.6) is 0 Å². The van der Waals surface area contributed by atoms with Crippen LogP contribution >= 0.6 is 0 Å². The first-order valence-corrected chi connectivity index (χ1v) is 12.7. The number of nitrogen functional groups attached to an aromatic ring is 1. The van der Waals surface area contributed by atoms with Gasteiger partial charge in [0.2, 0.25) is 0 Å². The van der Waals surface area contributed by atoms with E-state index < -0.39 is 6.09 Å². The van der Waals surface area contributed by atoms with Gasteiger partial charge in [0, 0.05) is 30.9 Å². The van der Waals surface area contributed by atoms with Crippen molar-refractivity contribution in [3.8, 4) is 0 Å². The number of amides is 2. The minimum absolute atomic E-state index is 0.275. The number of anilines is 3. The van der Waals surface area contributed by atoms with Crippen molar-refractivity contribution in [2.45, 2.75) is 6.54 Å². The van der Waals surface area contributed by atoms with Crippen LogP contribution in [-0.2, 0) is 16.0 Å². The Morgan fingerprint density at radius 2 is 1.77 bits per heavy atom. The maximum absolute atomic E-state index is 12.7. The number of imidazole rings is 1. The molecule has 1 aliphatic heterocycles. The van der Waals surface area contributed by atoms with Crippen molar-refractivity contribution in [3.05, 3.63) is 88.3 Å². The number of H-pyrrole nitrogens is 1. The lowest BCUT2D eigenvalue weighted by atomic mass is 10.1. The maximum atomic E-state index is 12.7. The Balaban J connectivity index is 1.19. The van der Waals surface area contributed by atoms with Crippen molar-refractivity contribution in [3.63, 3.8) is 0 Å². The molecule has 1 fully saturated rings. The fourth-order valence-corrected chi connectivity index (χ4v) is 4.39. The summed E-state index contributed by atoms with van der Waals surface area (Å²) in [7, 11) is 0. The van der Waals surface area contributed by atoms with Crippen molar-refractivity contribution in [1.29, 1.82) is 0 Å². The molecule has 2 heterocycles. The maximum Gasteiger partial charge on any atom is 0.411 e. The van der Waals surface area contributed by atoms with Gasteiger partial charge in [0.1, 0.15) is 6.61 Å². The summed E-state index contributed by atoms with van der Waals surface area (Å²) in [6.45, 7) is 4.28. The van der Waals surface area contributed by atoms with Crippen molar-refractivity contribution in [1.82, 2.24) is 14.5 Å². The topological polar surface area (TPSA) is 144 Å². The summed E-state index contributed by atoms with van der Waals surface area (Å²) < 4.78 is 12.2. The number of ether oxygens (including phenoxy) is 2. The molecule has 2 amide bonds. The summed E-state index contributed by atoms with van der Waals surface area (Å²) in [5.41, 5.74) is 9.76. The van der Waals surface area contributed by atoms with E-state index in [4.69, 9.17) is 15.2 Å². The molecule has 1 aromatic heterocycles. The van der Waals surface area contributed by atoms with E-state index >= 15 is 0 Å². The third kappa shape index (κ3) is 6.46. The van der Waals surface area contributed by atoms with Gasteiger partial charge in [0.25, 0.3) is 5.91 Å². The number of nitrogens with zero attached hydrogens (tertiary/aromatic N) is 2. The van der Waals surface area contributed by atoms with Crippen molar-refractivity contribution in [2.24, 2.45) is 0 Å². The van der Waals surface area contributed by atoms with Crippen LogP contribution in [0.4, 0.5) is 21.9 Å². The molecule has 5 rings (SSSR count). The molecule has 11 nitrogen and oxygen atoms in total. The lowest BCUT2D eigenvalue weighted by Gasteiger charge is -2.26. The molecule has 5 N–H and O–H groups in total. The van der Waals surface area contributed by atoms with Gasteiger partial charge in [0.05, 0.1) is 42.2 Å². The summed E-state index contributed by atoms with van der Waals surface area (Å²) in [5.74, 6) is -0.275. The molecular formula is C28H30N6O5. The molecule has 3 aromatic carbocycles. The first-order chi connectivity index (χ1) is 19.0. The molecule has 0 aliphatic carbocycles. The molecule has 39 heavy (non-hydrogen) atoms. The molecule has 0 saturated carbocycles. The van der Waals surface area contributed by atoms with Crippen LogP contribution in [0.2, 0.25) is 0 Å². The van der Waals surface area contributed by atoms with Gasteiger partial charge in [0.15, 0.2) is 0 Å². The Kier molecular flexibility index (Phi) is 7.90. The molecule has 202 valence electrons. The zero-order valence-electron chi connectivity index (χ0n) is 21.3. The van der Waals surface area contributed by atoms with Gasteiger partial charge in [-0.25, -0.2) is 9.59 Å². The highest BCUT2D eigenvalue weighted by Gasteiger charge is 2.13. The number of nitrogens with one attached hydrogen (secondary N) is 3. The van der Waals surface area contributed by atoms with Gasteiger partial charge in [-0.05, 0) is 48.0 Å². The van der Waals surface area contributed by atoms with Gasteiger partial charge in [-0.3, -0.25) is 19.6 Å². The van der Waals surface area contributed by atoms with E-state index in [1.807, 2.05) is 0 Å². The van der Waals surface area contributed by atoms with Crippen LogP contribution in [0.25, 0.3) is 11.0 Å². The third-order valence-electron chi connectivity index (χ3n) is 6.53. The van der Waals surface area contributed by atoms with E-state index in [9.17, 15) is 14.4 Å². The number of fused-ring (bicyclic) bond motifs is 1. The van der Waals surface area contributed by atoms with Crippen LogP contribution < -0.4 is 22.1 Å². The highest BCUT2D eigenvalue weighted by molar-refractivity contribution is 6.05. The summed E-state index contributed by atoms with van der Waals surface area (Å²) in [6, 6.07) is 19.2.